The van der Waals surface area contributed by atoms with Crippen LogP contribution in [0.15, 0.2) is 66.7 Å². The lowest BCUT2D eigenvalue weighted by Crippen LogP contribution is -2.20. The number of aliphatic carboxylic acids is 1. The van der Waals surface area contributed by atoms with Crippen LogP contribution >= 0.6 is 0 Å². The van der Waals surface area contributed by atoms with Gasteiger partial charge in [0.15, 0.2) is 0 Å². The van der Waals surface area contributed by atoms with Gasteiger partial charge in [-0.15, -0.1) is 0 Å². The van der Waals surface area contributed by atoms with Gasteiger partial charge >= 0.3 is 18.1 Å². The third-order valence-corrected chi connectivity index (χ3v) is 5.43. The van der Waals surface area contributed by atoms with Crippen molar-refractivity contribution in [1.82, 2.24) is 5.32 Å². The van der Waals surface area contributed by atoms with Crippen LogP contribution in [-0.4, -0.2) is 30.7 Å². The van der Waals surface area contributed by atoms with Gasteiger partial charge < -0.3 is 19.9 Å². The number of rotatable bonds is 11. The Hall–Kier alpha value is -3.85. The van der Waals surface area contributed by atoms with E-state index in [9.17, 15) is 27.9 Å². The van der Waals surface area contributed by atoms with Crippen molar-refractivity contribution in [2.75, 3.05) is 13.7 Å². The highest BCUT2D eigenvalue weighted by Gasteiger charge is 2.31. The lowest BCUT2D eigenvalue weighted by molar-refractivity contribution is -0.145. The summed E-state index contributed by atoms with van der Waals surface area (Å²) in [7, 11) is 1.42. The highest BCUT2D eigenvalue weighted by atomic mass is 19.4. The van der Waals surface area contributed by atoms with Gasteiger partial charge in [0.25, 0.3) is 0 Å². The topological polar surface area (TPSA) is 84.9 Å². The second-order valence-corrected chi connectivity index (χ2v) is 8.04. The minimum atomic E-state index is -4.52. The zero-order valence-electron chi connectivity index (χ0n) is 19.6. The van der Waals surface area contributed by atoms with Crippen molar-refractivity contribution in [2.24, 2.45) is 0 Å². The van der Waals surface area contributed by atoms with Crippen molar-refractivity contribution in [3.05, 3.63) is 89.0 Å². The van der Waals surface area contributed by atoms with E-state index < -0.39 is 23.7 Å². The second kappa shape index (κ2) is 12.2. The molecule has 0 fully saturated rings. The molecular formula is C27H26F3NO5. The third kappa shape index (κ3) is 7.58. The largest absolute Gasteiger partial charge is 0.496 e. The van der Waals surface area contributed by atoms with E-state index in [-0.39, 0.29) is 32.5 Å². The zero-order valence-corrected chi connectivity index (χ0v) is 19.6. The molecule has 0 saturated carbocycles. The van der Waals surface area contributed by atoms with E-state index in [1.54, 1.807) is 18.2 Å². The van der Waals surface area contributed by atoms with E-state index in [1.807, 2.05) is 30.3 Å². The number of nitrogens with one attached hydrogen (secondary N) is 1. The van der Waals surface area contributed by atoms with Gasteiger partial charge in [0, 0.05) is 18.7 Å². The third-order valence-electron chi connectivity index (χ3n) is 5.43. The molecule has 0 saturated heterocycles. The Labute approximate surface area is 206 Å². The molecule has 0 spiro atoms. The fourth-order valence-electron chi connectivity index (χ4n) is 3.67. The number of ether oxygens (including phenoxy) is 2. The number of halogens is 3. The molecule has 0 amide bonds. The molecule has 2 N–H and O–H groups in total. The van der Waals surface area contributed by atoms with Crippen LogP contribution in [0.3, 0.4) is 0 Å². The Morgan fingerprint density at radius 2 is 1.72 bits per heavy atom. The fraction of sp³-hybridized carbons (Fsp3) is 0.259. The van der Waals surface area contributed by atoms with Crippen LogP contribution in [0.2, 0.25) is 0 Å². The standard InChI is InChI=1S/C27H26F3NO5/c1-35-24-10-7-19(13-20(24)15-25(32)33)23-9-8-22(27(28,29)30)14-21(23)16-31-12-11-26(34)36-17-18-5-3-2-4-6-18/h2-10,13-14,31H,11-12,15-17H2,1H3,(H,32,33). The van der Waals surface area contributed by atoms with E-state index in [0.29, 0.717) is 28.0 Å². The van der Waals surface area contributed by atoms with Gasteiger partial charge in [-0.05, 0) is 46.5 Å². The number of esters is 1. The molecule has 0 aliphatic rings. The van der Waals surface area contributed by atoms with E-state index in [0.717, 1.165) is 17.7 Å². The first-order valence-corrected chi connectivity index (χ1v) is 11.2. The van der Waals surface area contributed by atoms with Crippen molar-refractivity contribution >= 4 is 11.9 Å². The molecule has 190 valence electrons. The molecule has 3 aromatic carbocycles. The number of alkyl halides is 3. The predicted octanol–water partition coefficient (Wildman–Crippen LogP) is 5.23. The molecule has 3 rings (SSSR count). The lowest BCUT2D eigenvalue weighted by Gasteiger charge is -2.16. The summed E-state index contributed by atoms with van der Waals surface area (Å²) in [4.78, 5) is 23.3. The number of methoxy groups -OCH3 is 1. The van der Waals surface area contributed by atoms with E-state index >= 15 is 0 Å². The number of carboxylic acids is 1. The Morgan fingerprint density at radius 3 is 2.39 bits per heavy atom. The van der Waals surface area contributed by atoms with Crippen LogP contribution in [0.25, 0.3) is 11.1 Å². The molecule has 0 aliphatic heterocycles. The molecule has 36 heavy (non-hydrogen) atoms. The summed E-state index contributed by atoms with van der Waals surface area (Å²) in [6.45, 7) is 0.412. The molecule has 3 aromatic rings. The lowest BCUT2D eigenvalue weighted by atomic mass is 9.95. The van der Waals surface area contributed by atoms with E-state index in [2.05, 4.69) is 5.32 Å². The summed E-state index contributed by atoms with van der Waals surface area (Å²) < 4.78 is 50.5. The maximum Gasteiger partial charge on any atom is 0.416 e. The summed E-state index contributed by atoms with van der Waals surface area (Å²) in [5.74, 6) is -1.11. The fourth-order valence-corrected chi connectivity index (χ4v) is 3.67. The minimum Gasteiger partial charge on any atom is -0.496 e. The number of carbonyl (C=O) groups is 2. The van der Waals surface area contributed by atoms with Crippen molar-refractivity contribution in [3.63, 3.8) is 0 Å². The SMILES string of the molecule is COc1ccc(-c2ccc(C(F)(F)F)cc2CNCCC(=O)OCc2ccccc2)cc1CC(=O)O. The highest BCUT2D eigenvalue weighted by molar-refractivity contribution is 5.75. The molecule has 0 aromatic heterocycles. The molecule has 6 nitrogen and oxygen atoms in total. The summed E-state index contributed by atoms with van der Waals surface area (Å²) in [5, 5.41) is 12.2. The first-order valence-electron chi connectivity index (χ1n) is 11.2. The van der Waals surface area contributed by atoms with Crippen molar-refractivity contribution < 1.29 is 37.3 Å². The van der Waals surface area contributed by atoms with E-state index in [1.165, 1.54) is 13.2 Å². The van der Waals surface area contributed by atoms with Crippen LogP contribution in [-0.2, 0) is 40.1 Å². The molecular weight excluding hydrogens is 475 g/mol. The Kier molecular flexibility index (Phi) is 9.08. The van der Waals surface area contributed by atoms with Crippen LogP contribution in [0, 0.1) is 0 Å². The van der Waals surface area contributed by atoms with Crippen molar-refractivity contribution in [1.29, 1.82) is 0 Å². The van der Waals surface area contributed by atoms with Gasteiger partial charge in [-0.25, -0.2) is 0 Å². The molecule has 0 atom stereocenters. The maximum atomic E-state index is 13.4. The second-order valence-electron chi connectivity index (χ2n) is 8.04. The molecule has 0 aliphatic carbocycles. The van der Waals surface area contributed by atoms with Gasteiger partial charge in [0.05, 0.1) is 25.5 Å². The average molecular weight is 502 g/mol. The predicted molar refractivity (Wildman–Crippen MR) is 127 cm³/mol. The van der Waals surface area contributed by atoms with Gasteiger partial charge in [0.2, 0.25) is 0 Å². The van der Waals surface area contributed by atoms with Crippen LogP contribution in [0.5, 0.6) is 5.75 Å². The molecule has 0 bridgehead atoms. The summed E-state index contributed by atoms with van der Waals surface area (Å²) in [6.07, 6.45) is -4.77. The number of hydrogen-bond donors (Lipinski definition) is 2. The molecule has 0 unspecified atom stereocenters. The zero-order chi connectivity index (χ0) is 26.1. The number of carboxylic acid groups (broad SMARTS) is 1. The van der Waals surface area contributed by atoms with Gasteiger partial charge in [-0.1, -0.05) is 42.5 Å². The summed E-state index contributed by atoms with van der Waals surface area (Å²) in [6, 6.07) is 17.5. The van der Waals surface area contributed by atoms with Crippen LogP contribution in [0.1, 0.15) is 28.7 Å². The summed E-state index contributed by atoms with van der Waals surface area (Å²) >= 11 is 0. The van der Waals surface area contributed by atoms with Crippen LogP contribution < -0.4 is 10.1 Å². The Balaban J connectivity index is 1.73. The van der Waals surface area contributed by atoms with Crippen molar-refractivity contribution in [3.8, 4) is 16.9 Å². The maximum absolute atomic E-state index is 13.4. The van der Waals surface area contributed by atoms with Crippen LogP contribution in [0.4, 0.5) is 13.2 Å². The highest BCUT2D eigenvalue weighted by Crippen LogP contribution is 2.35. The van der Waals surface area contributed by atoms with Gasteiger partial charge in [0.1, 0.15) is 12.4 Å². The van der Waals surface area contributed by atoms with Gasteiger partial charge in [-0.2, -0.15) is 13.2 Å². The average Bonchev–Trinajstić information content (AvgIpc) is 2.85. The first kappa shape index (κ1) is 26.7. The van der Waals surface area contributed by atoms with Gasteiger partial charge in [-0.3, -0.25) is 9.59 Å². The molecule has 0 radical (unpaired) electrons. The monoisotopic (exact) mass is 501 g/mol. The number of benzene rings is 3. The minimum absolute atomic E-state index is 0.0480. The molecule has 9 heteroatoms. The number of carbonyl (C=O) groups excluding carboxylic acids is 1. The quantitative estimate of drug-likeness (QED) is 0.277. The van der Waals surface area contributed by atoms with Crippen molar-refractivity contribution in [2.45, 2.75) is 32.2 Å². The number of hydrogen-bond acceptors (Lipinski definition) is 5. The van der Waals surface area contributed by atoms with E-state index in [4.69, 9.17) is 9.47 Å². The Morgan fingerprint density at radius 1 is 0.972 bits per heavy atom. The normalized spacial score (nSPS) is 11.2. The summed E-state index contributed by atoms with van der Waals surface area (Å²) in [5.41, 5.74) is 1.88. The molecule has 0 heterocycles. The Bertz CT molecular complexity index is 1200. The smallest absolute Gasteiger partial charge is 0.416 e. The first-order chi connectivity index (χ1) is 17.2.